The van der Waals surface area contributed by atoms with Gasteiger partial charge in [-0.25, -0.2) is 0 Å². The van der Waals surface area contributed by atoms with Crippen LogP contribution in [0.25, 0.3) is 0 Å². The Kier molecular flexibility index (Phi) is 4.41. The normalized spacial score (nSPS) is 20.1. The van der Waals surface area contributed by atoms with Gasteiger partial charge in [-0.05, 0) is 25.2 Å². The lowest BCUT2D eigenvalue weighted by Gasteiger charge is -2.36. The van der Waals surface area contributed by atoms with E-state index in [-0.39, 0.29) is 0 Å². The Labute approximate surface area is 125 Å². The molecule has 0 unspecified atom stereocenters. The molecule has 0 amide bonds. The maximum atomic E-state index is 5.56. The molecule has 0 atom stereocenters. The molecule has 1 fully saturated rings. The lowest BCUT2D eigenvalue weighted by molar-refractivity contribution is 0.173. The lowest BCUT2D eigenvalue weighted by atomic mass is 9.88. The smallest absolute Gasteiger partial charge is 0.231 e. The van der Waals surface area contributed by atoms with Gasteiger partial charge in [0.15, 0.2) is 11.5 Å². The molecular formula is C16H23NO2S. The van der Waals surface area contributed by atoms with E-state index >= 15 is 0 Å². The maximum Gasteiger partial charge on any atom is 0.231 e. The zero-order chi connectivity index (χ0) is 13.8. The van der Waals surface area contributed by atoms with Crippen molar-refractivity contribution in [3.8, 4) is 11.5 Å². The van der Waals surface area contributed by atoms with Crippen molar-refractivity contribution < 1.29 is 9.47 Å². The number of ether oxygens (including phenoxy) is 2. The van der Waals surface area contributed by atoms with Gasteiger partial charge in [0.05, 0.1) is 0 Å². The number of benzene rings is 1. The summed E-state index contributed by atoms with van der Waals surface area (Å²) in [7, 11) is 0. The summed E-state index contributed by atoms with van der Waals surface area (Å²) in [5, 5.41) is 3.64. The van der Waals surface area contributed by atoms with Gasteiger partial charge in [-0.2, -0.15) is 11.8 Å². The van der Waals surface area contributed by atoms with E-state index in [0.717, 1.165) is 24.6 Å². The molecule has 0 aromatic heterocycles. The van der Waals surface area contributed by atoms with E-state index in [0.29, 0.717) is 11.5 Å². The fourth-order valence-electron chi connectivity index (χ4n) is 3.20. The first-order valence-electron chi connectivity index (χ1n) is 7.46. The van der Waals surface area contributed by atoms with Crippen molar-refractivity contribution in [1.29, 1.82) is 0 Å². The van der Waals surface area contributed by atoms with E-state index in [2.05, 4.69) is 17.6 Å². The Balaban J connectivity index is 1.58. The van der Waals surface area contributed by atoms with E-state index in [9.17, 15) is 0 Å². The van der Waals surface area contributed by atoms with E-state index in [1.165, 1.54) is 37.7 Å². The van der Waals surface area contributed by atoms with Crippen molar-refractivity contribution in [2.45, 2.75) is 43.4 Å². The number of hydrogen-bond acceptors (Lipinski definition) is 4. The molecule has 0 bridgehead atoms. The number of para-hydroxylation sites is 1. The lowest BCUT2D eigenvalue weighted by Crippen LogP contribution is -2.39. The first kappa shape index (κ1) is 14.1. The SMILES string of the molecule is CSC1(CNCc2cccc3c2OCO3)CCCCC1. The van der Waals surface area contributed by atoms with Crippen LogP contribution in [-0.4, -0.2) is 24.3 Å². The minimum Gasteiger partial charge on any atom is -0.454 e. The average Bonchev–Trinajstić information content (AvgIpc) is 2.98. The summed E-state index contributed by atoms with van der Waals surface area (Å²) < 4.78 is 11.4. The topological polar surface area (TPSA) is 30.5 Å². The van der Waals surface area contributed by atoms with E-state index in [4.69, 9.17) is 9.47 Å². The van der Waals surface area contributed by atoms with Crippen LogP contribution in [0, 0.1) is 0 Å². The van der Waals surface area contributed by atoms with Crippen LogP contribution in [0.5, 0.6) is 11.5 Å². The summed E-state index contributed by atoms with van der Waals surface area (Å²) in [6.07, 6.45) is 9.09. The number of fused-ring (bicyclic) bond motifs is 1. The number of hydrogen-bond donors (Lipinski definition) is 1. The molecule has 1 aromatic rings. The molecule has 1 saturated carbocycles. The second-order valence-electron chi connectivity index (χ2n) is 5.70. The van der Waals surface area contributed by atoms with E-state index in [1.807, 2.05) is 23.9 Å². The third kappa shape index (κ3) is 2.91. The summed E-state index contributed by atoms with van der Waals surface area (Å²) in [5.74, 6) is 1.79. The molecular weight excluding hydrogens is 270 g/mol. The Bertz CT molecular complexity index is 458. The molecule has 2 aliphatic rings. The molecule has 1 aliphatic carbocycles. The third-order valence-electron chi connectivity index (χ3n) is 4.44. The van der Waals surface area contributed by atoms with Gasteiger partial charge in [-0.1, -0.05) is 31.4 Å². The molecule has 0 saturated heterocycles. The Morgan fingerprint density at radius 1 is 1.20 bits per heavy atom. The molecule has 4 heteroatoms. The fraction of sp³-hybridized carbons (Fsp3) is 0.625. The maximum absolute atomic E-state index is 5.56. The molecule has 1 heterocycles. The predicted octanol–water partition coefficient (Wildman–Crippen LogP) is 3.57. The highest BCUT2D eigenvalue weighted by Crippen LogP contribution is 2.38. The van der Waals surface area contributed by atoms with Gasteiger partial charge in [0, 0.05) is 23.4 Å². The van der Waals surface area contributed by atoms with E-state index in [1.54, 1.807) is 0 Å². The fourth-order valence-corrected chi connectivity index (χ4v) is 4.15. The van der Waals surface area contributed by atoms with Crippen molar-refractivity contribution in [2.75, 3.05) is 19.6 Å². The Morgan fingerprint density at radius 3 is 2.85 bits per heavy atom. The number of thioether (sulfide) groups is 1. The number of rotatable bonds is 5. The highest BCUT2D eigenvalue weighted by atomic mass is 32.2. The van der Waals surface area contributed by atoms with Crippen molar-refractivity contribution in [3.05, 3.63) is 23.8 Å². The van der Waals surface area contributed by atoms with Crippen molar-refractivity contribution in [3.63, 3.8) is 0 Å². The van der Waals surface area contributed by atoms with Gasteiger partial charge in [-0.15, -0.1) is 0 Å². The first-order valence-corrected chi connectivity index (χ1v) is 8.69. The summed E-state index contributed by atoms with van der Waals surface area (Å²) in [6, 6.07) is 6.12. The molecule has 1 N–H and O–H groups in total. The van der Waals surface area contributed by atoms with Gasteiger partial charge in [0.1, 0.15) is 0 Å². The van der Waals surface area contributed by atoms with Crippen molar-refractivity contribution >= 4 is 11.8 Å². The summed E-state index contributed by atoms with van der Waals surface area (Å²) in [4.78, 5) is 0. The van der Waals surface area contributed by atoms with Gasteiger partial charge in [0.2, 0.25) is 6.79 Å². The number of nitrogens with one attached hydrogen (secondary N) is 1. The monoisotopic (exact) mass is 293 g/mol. The molecule has 110 valence electrons. The van der Waals surface area contributed by atoms with Gasteiger partial charge in [0.25, 0.3) is 0 Å². The minimum absolute atomic E-state index is 0.348. The van der Waals surface area contributed by atoms with Crippen LogP contribution in [0.3, 0.4) is 0 Å². The molecule has 3 rings (SSSR count). The van der Waals surface area contributed by atoms with Gasteiger partial charge < -0.3 is 14.8 Å². The van der Waals surface area contributed by atoms with E-state index < -0.39 is 0 Å². The standard InChI is InChI=1S/C16H23NO2S/c1-20-16(8-3-2-4-9-16)11-17-10-13-6-5-7-14-15(13)19-12-18-14/h5-7,17H,2-4,8-12H2,1H3. The molecule has 1 aromatic carbocycles. The quantitative estimate of drug-likeness (QED) is 0.899. The zero-order valence-electron chi connectivity index (χ0n) is 12.1. The molecule has 0 spiro atoms. The Hall–Kier alpha value is -0.870. The van der Waals surface area contributed by atoms with Crippen LogP contribution in [0.15, 0.2) is 18.2 Å². The van der Waals surface area contributed by atoms with Crippen LogP contribution in [0.2, 0.25) is 0 Å². The largest absolute Gasteiger partial charge is 0.454 e. The van der Waals surface area contributed by atoms with Crippen LogP contribution < -0.4 is 14.8 Å². The minimum atomic E-state index is 0.348. The second kappa shape index (κ2) is 6.27. The highest BCUT2D eigenvalue weighted by molar-refractivity contribution is 8.00. The highest BCUT2D eigenvalue weighted by Gasteiger charge is 2.30. The third-order valence-corrected chi connectivity index (χ3v) is 5.86. The molecule has 20 heavy (non-hydrogen) atoms. The first-order chi connectivity index (χ1) is 9.83. The zero-order valence-corrected chi connectivity index (χ0v) is 12.9. The van der Waals surface area contributed by atoms with Crippen LogP contribution in [0.4, 0.5) is 0 Å². The van der Waals surface area contributed by atoms with Crippen LogP contribution in [-0.2, 0) is 6.54 Å². The Morgan fingerprint density at radius 2 is 2.05 bits per heavy atom. The van der Waals surface area contributed by atoms with Crippen LogP contribution in [0.1, 0.15) is 37.7 Å². The van der Waals surface area contributed by atoms with Gasteiger partial charge >= 0.3 is 0 Å². The van der Waals surface area contributed by atoms with Crippen LogP contribution >= 0.6 is 11.8 Å². The molecule has 1 aliphatic heterocycles. The summed E-state index contributed by atoms with van der Waals surface area (Å²) in [6.45, 7) is 2.29. The summed E-state index contributed by atoms with van der Waals surface area (Å²) in [5.41, 5.74) is 1.20. The predicted molar refractivity (Wildman–Crippen MR) is 83.6 cm³/mol. The average molecular weight is 293 g/mol. The van der Waals surface area contributed by atoms with Crippen molar-refractivity contribution in [2.24, 2.45) is 0 Å². The summed E-state index contributed by atoms with van der Waals surface area (Å²) >= 11 is 2.04. The second-order valence-corrected chi connectivity index (χ2v) is 6.98. The van der Waals surface area contributed by atoms with Crippen molar-refractivity contribution in [1.82, 2.24) is 5.32 Å². The molecule has 0 radical (unpaired) electrons. The molecule has 3 nitrogen and oxygen atoms in total. The van der Waals surface area contributed by atoms with Gasteiger partial charge in [-0.3, -0.25) is 0 Å².